The predicted molar refractivity (Wildman–Crippen MR) is 124 cm³/mol. The lowest BCUT2D eigenvalue weighted by molar-refractivity contribution is -0.138. The van der Waals surface area contributed by atoms with Crippen molar-refractivity contribution >= 4 is 29.0 Å². The Labute approximate surface area is 187 Å². The Balaban J connectivity index is 2.13. The zero-order valence-electron chi connectivity index (χ0n) is 17.4. The molecule has 1 unspecified atom stereocenters. The molecule has 3 rings (SSSR count). The molecule has 0 radical (unpaired) electrons. The van der Waals surface area contributed by atoms with E-state index in [1.165, 1.54) is 0 Å². The summed E-state index contributed by atoms with van der Waals surface area (Å²) >= 11 is 5.44. The summed E-state index contributed by atoms with van der Waals surface area (Å²) in [5, 5.41) is 6.71. The van der Waals surface area contributed by atoms with Crippen LogP contribution in [-0.2, 0) is 9.53 Å². The zero-order valence-corrected chi connectivity index (χ0v) is 18.3. The van der Waals surface area contributed by atoms with Crippen molar-refractivity contribution in [2.45, 2.75) is 19.9 Å². The monoisotopic (exact) mass is 436 g/mol. The minimum atomic E-state index is -0.538. The van der Waals surface area contributed by atoms with Crippen molar-refractivity contribution in [1.29, 1.82) is 0 Å². The van der Waals surface area contributed by atoms with Gasteiger partial charge in [0, 0.05) is 0 Å². The maximum atomic E-state index is 13.0. The van der Waals surface area contributed by atoms with Crippen molar-refractivity contribution in [1.82, 2.24) is 10.6 Å². The number of rotatable bonds is 8. The highest BCUT2D eigenvalue weighted by molar-refractivity contribution is 7.80. The summed E-state index contributed by atoms with van der Waals surface area (Å²) in [6, 6.07) is 14.4. The molecule has 31 heavy (non-hydrogen) atoms. The minimum absolute atomic E-state index is 0.126. The molecular formula is C24H24N2O4S. The SMILES string of the molecule is C#CCOc1ccc(C2NC(=S)NC(c3ccccc3)=C2C(=O)OCC)cc1OCC. The van der Waals surface area contributed by atoms with Crippen LogP contribution >= 0.6 is 12.2 Å². The van der Waals surface area contributed by atoms with Crippen LogP contribution in [0.4, 0.5) is 0 Å². The molecule has 2 aromatic rings. The molecule has 0 spiro atoms. The van der Waals surface area contributed by atoms with E-state index in [1.807, 2.05) is 49.4 Å². The predicted octanol–water partition coefficient (Wildman–Crippen LogP) is 3.59. The second-order valence-electron chi connectivity index (χ2n) is 6.54. The molecule has 0 aromatic heterocycles. The standard InChI is InChI=1S/C24H24N2O4S/c1-4-14-30-18-13-12-17(15-19(18)28-5-2)22-20(23(27)29-6-3)21(25-24(31)26-22)16-10-8-7-9-11-16/h1,7-13,15,22H,5-6,14H2,2-3H3,(H2,25,26,31). The van der Waals surface area contributed by atoms with E-state index < -0.39 is 12.0 Å². The normalized spacial score (nSPS) is 15.4. The number of thiocarbonyl (C=S) groups is 1. The Morgan fingerprint density at radius 1 is 1.10 bits per heavy atom. The largest absolute Gasteiger partial charge is 0.490 e. The summed E-state index contributed by atoms with van der Waals surface area (Å²) in [6.45, 7) is 4.48. The molecule has 0 fully saturated rings. The van der Waals surface area contributed by atoms with Gasteiger partial charge in [-0.2, -0.15) is 0 Å². The fraction of sp³-hybridized carbons (Fsp3) is 0.250. The first-order valence-corrected chi connectivity index (χ1v) is 10.4. The number of carbonyl (C=O) groups is 1. The van der Waals surface area contributed by atoms with Crippen molar-refractivity contribution in [3.63, 3.8) is 0 Å². The highest BCUT2D eigenvalue weighted by Crippen LogP contribution is 2.36. The minimum Gasteiger partial charge on any atom is -0.490 e. The van der Waals surface area contributed by atoms with Gasteiger partial charge >= 0.3 is 5.97 Å². The number of nitrogens with one attached hydrogen (secondary N) is 2. The quantitative estimate of drug-likeness (QED) is 0.372. The third kappa shape index (κ3) is 5.16. The highest BCUT2D eigenvalue weighted by Gasteiger charge is 2.33. The van der Waals surface area contributed by atoms with E-state index >= 15 is 0 Å². The van der Waals surface area contributed by atoms with E-state index in [9.17, 15) is 4.79 Å². The molecule has 6 nitrogen and oxygen atoms in total. The second-order valence-corrected chi connectivity index (χ2v) is 6.95. The van der Waals surface area contributed by atoms with Gasteiger partial charge in [-0.3, -0.25) is 0 Å². The molecule has 1 aliphatic heterocycles. The first-order chi connectivity index (χ1) is 15.1. The van der Waals surface area contributed by atoms with Crippen LogP contribution in [0.5, 0.6) is 11.5 Å². The third-order valence-corrected chi connectivity index (χ3v) is 4.76. The molecule has 1 aliphatic rings. The molecular weight excluding hydrogens is 412 g/mol. The highest BCUT2D eigenvalue weighted by atomic mass is 32.1. The average molecular weight is 437 g/mol. The van der Waals surface area contributed by atoms with Gasteiger partial charge in [0.15, 0.2) is 16.6 Å². The summed E-state index contributed by atoms with van der Waals surface area (Å²) in [7, 11) is 0. The first-order valence-electron chi connectivity index (χ1n) is 9.96. The van der Waals surface area contributed by atoms with Crippen LogP contribution in [0.3, 0.4) is 0 Å². The van der Waals surface area contributed by atoms with E-state index in [4.69, 9.17) is 32.9 Å². The van der Waals surface area contributed by atoms with Crippen LogP contribution < -0.4 is 20.1 Å². The van der Waals surface area contributed by atoms with Gasteiger partial charge < -0.3 is 24.8 Å². The molecule has 0 amide bonds. The van der Waals surface area contributed by atoms with Crippen LogP contribution in [0.25, 0.3) is 5.70 Å². The van der Waals surface area contributed by atoms with Crippen molar-refractivity contribution in [3.8, 4) is 23.8 Å². The number of ether oxygens (including phenoxy) is 3. The van der Waals surface area contributed by atoms with Gasteiger partial charge in [0.25, 0.3) is 0 Å². The van der Waals surface area contributed by atoms with Gasteiger partial charge in [-0.25, -0.2) is 4.79 Å². The lowest BCUT2D eigenvalue weighted by Crippen LogP contribution is -2.45. The molecule has 160 valence electrons. The van der Waals surface area contributed by atoms with Crippen LogP contribution in [-0.4, -0.2) is 30.9 Å². The molecule has 7 heteroatoms. The van der Waals surface area contributed by atoms with Crippen LogP contribution in [0.15, 0.2) is 54.1 Å². The fourth-order valence-electron chi connectivity index (χ4n) is 3.29. The van der Waals surface area contributed by atoms with Crippen molar-refractivity contribution in [2.24, 2.45) is 0 Å². The Hall–Kier alpha value is -3.50. The van der Waals surface area contributed by atoms with Gasteiger partial charge in [-0.05, 0) is 49.3 Å². The number of esters is 1. The van der Waals surface area contributed by atoms with Crippen LogP contribution in [0.2, 0.25) is 0 Å². The number of hydrogen-bond donors (Lipinski definition) is 2. The molecule has 2 N–H and O–H groups in total. The molecule has 1 heterocycles. The van der Waals surface area contributed by atoms with Gasteiger partial charge in [-0.1, -0.05) is 42.3 Å². The number of carbonyl (C=O) groups excluding carboxylic acids is 1. The Morgan fingerprint density at radius 3 is 2.55 bits per heavy atom. The van der Waals surface area contributed by atoms with Crippen molar-refractivity contribution in [2.75, 3.05) is 19.8 Å². The molecule has 0 bridgehead atoms. The van der Waals surface area contributed by atoms with Gasteiger partial charge in [0.05, 0.1) is 30.5 Å². The van der Waals surface area contributed by atoms with Gasteiger partial charge in [0.1, 0.15) is 6.61 Å². The zero-order chi connectivity index (χ0) is 22.2. The molecule has 2 aromatic carbocycles. The number of terminal acetylenes is 1. The maximum absolute atomic E-state index is 13.0. The van der Waals surface area contributed by atoms with E-state index in [0.717, 1.165) is 11.1 Å². The van der Waals surface area contributed by atoms with Crippen molar-refractivity contribution in [3.05, 3.63) is 65.2 Å². The van der Waals surface area contributed by atoms with Gasteiger partial charge in [-0.15, -0.1) is 6.42 Å². The molecule has 1 atom stereocenters. The summed E-state index contributed by atoms with van der Waals surface area (Å²) in [4.78, 5) is 13.0. The summed E-state index contributed by atoms with van der Waals surface area (Å²) in [5.74, 6) is 3.08. The summed E-state index contributed by atoms with van der Waals surface area (Å²) in [6.07, 6.45) is 5.31. The van der Waals surface area contributed by atoms with Crippen molar-refractivity contribution < 1.29 is 19.0 Å². The average Bonchev–Trinajstić information content (AvgIpc) is 2.78. The van der Waals surface area contributed by atoms with E-state index in [0.29, 0.717) is 34.5 Å². The Kier molecular flexibility index (Phi) is 7.52. The van der Waals surface area contributed by atoms with Crippen LogP contribution in [0, 0.1) is 12.3 Å². The number of benzene rings is 2. The third-order valence-electron chi connectivity index (χ3n) is 4.54. The fourth-order valence-corrected chi connectivity index (χ4v) is 3.51. The maximum Gasteiger partial charge on any atom is 0.338 e. The van der Waals surface area contributed by atoms with E-state index in [2.05, 4.69) is 16.6 Å². The Bertz CT molecular complexity index is 1030. The molecule has 0 saturated carbocycles. The summed E-state index contributed by atoms with van der Waals surface area (Å²) in [5.41, 5.74) is 2.65. The van der Waals surface area contributed by atoms with Gasteiger partial charge in [0.2, 0.25) is 0 Å². The number of hydrogen-bond acceptors (Lipinski definition) is 5. The molecule has 0 aliphatic carbocycles. The molecule has 0 saturated heterocycles. The van der Waals surface area contributed by atoms with Crippen LogP contribution in [0.1, 0.15) is 31.0 Å². The second kappa shape index (κ2) is 10.5. The lowest BCUT2D eigenvalue weighted by Gasteiger charge is -2.31. The Morgan fingerprint density at radius 2 is 1.87 bits per heavy atom. The smallest absolute Gasteiger partial charge is 0.338 e. The summed E-state index contributed by atoms with van der Waals surface area (Å²) < 4.78 is 16.7. The topological polar surface area (TPSA) is 68.8 Å². The lowest BCUT2D eigenvalue weighted by atomic mass is 9.92. The first kappa shape index (κ1) is 22.2. The van der Waals surface area contributed by atoms with E-state index in [-0.39, 0.29) is 13.2 Å². The van der Waals surface area contributed by atoms with E-state index in [1.54, 1.807) is 13.0 Å².